The molecule has 0 spiro atoms. The van der Waals surface area contributed by atoms with E-state index in [1.807, 2.05) is 48.7 Å². The van der Waals surface area contributed by atoms with E-state index in [2.05, 4.69) is 20.9 Å². The summed E-state index contributed by atoms with van der Waals surface area (Å²) in [6.07, 6.45) is 3.63. The van der Waals surface area contributed by atoms with Crippen LogP contribution >= 0.6 is 27.5 Å². The first-order valence-electron chi connectivity index (χ1n) is 6.19. The second kappa shape index (κ2) is 5.52. The van der Waals surface area contributed by atoms with Crippen LogP contribution in [0.15, 0.2) is 59.3 Å². The monoisotopic (exact) mass is 346 g/mol. The third-order valence-corrected chi connectivity index (χ3v) is 3.97. The molecule has 0 radical (unpaired) electrons. The fraction of sp³-hybridized carbons (Fsp3) is 0.0625. The number of hydrogen-bond acceptors (Lipinski definition) is 2. The Morgan fingerprint density at radius 1 is 1.15 bits per heavy atom. The Morgan fingerprint density at radius 3 is 2.80 bits per heavy atom. The third kappa shape index (κ3) is 2.57. The van der Waals surface area contributed by atoms with Crippen LogP contribution in [0.1, 0.15) is 17.2 Å². The first-order chi connectivity index (χ1) is 9.65. The van der Waals surface area contributed by atoms with Crippen molar-refractivity contribution in [2.24, 2.45) is 5.73 Å². The van der Waals surface area contributed by atoms with E-state index < -0.39 is 0 Å². The highest BCUT2D eigenvalue weighted by atomic mass is 79.9. The Morgan fingerprint density at radius 2 is 2.00 bits per heavy atom. The highest BCUT2D eigenvalue weighted by molar-refractivity contribution is 9.10. The molecule has 20 heavy (non-hydrogen) atoms. The van der Waals surface area contributed by atoms with Crippen molar-refractivity contribution >= 4 is 38.3 Å². The Balaban J connectivity index is 2.15. The molecular formula is C16H12BrClN2. The van der Waals surface area contributed by atoms with E-state index in [9.17, 15) is 0 Å². The lowest BCUT2D eigenvalue weighted by atomic mass is 9.95. The quantitative estimate of drug-likeness (QED) is 0.730. The van der Waals surface area contributed by atoms with Crippen molar-refractivity contribution in [2.75, 3.05) is 0 Å². The van der Waals surface area contributed by atoms with Crippen LogP contribution < -0.4 is 5.73 Å². The minimum atomic E-state index is -0.226. The number of aromatic nitrogens is 1. The van der Waals surface area contributed by atoms with Gasteiger partial charge in [0.25, 0.3) is 0 Å². The Hall–Kier alpha value is -1.42. The molecule has 1 atom stereocenters. The van der Waals surface area contributed by atoms with Gasteiger partial charge in [0.15, 0.2) is 0 Å². The van der Waals surface area contributed by atoms with Gasteiger partial charge < -0.3 is 5.73 Å². The van der Waals surface area contributed by atoms with Crippen LogP contribution in [0.3, 0.4) is 0 Å². The molecule has 1 aromatic heterocycles. The maximum absolute atomic E-state index is 6.42. The van der Waals surface area contributed by atoms with Crippen LogP contribution in [-0.4, -0.2) is 4.98 Å². The number of rotatable bonds is 2. The van der Waals surface area contributed by atoms with E-state index >= 15 is 0 Å². The Bertz CT molecular complexity index is 748. The molecule has 2 nitrogen and oxygen atoms in total. The molecule has 2 N–H and O–H groups in total. The summed E-state index contributed by atoms with van der Waals surface area (Å²) in [7, 11) is 0. The minimum Gasteiger partial charge on any atom is -0.320 e. The van der Waals surface area contributed by atoms with Crippen molar-refractivity contribution in [3.05, 3.63) is 75.5 Å². The van der Waals surface area contributed by atoms with Crippen LogP contribution in [0.5, 0.6) is 0 Å². The molecule has 0 amide bonds. The summed E-state index contributed by atoms with van der Waals surface area (Å²) in [5, 5.41) is 2.87. The first-order valence-corrected chi connectivity index (χ1v) is 7.36. The molecule has 3 aromatic rings. The molecule has 3 rings (SSSR count). The molecule has 1 heterocycles. The fourth-order valence-corrected chi connectivity index (χ4v) is 3.24. The fourth-order valence-electron chi connectivity index (χ4n) is 2.35. The van der Waals surface area contributed by atoms with Gasteiger partial charge in [0.2, 0.25) is 0 Å². The smallest absolute Gasteiger partial charge is 0.0558 e. The average Bonchev–Trinajstić information content (AvgIpc) is 2.45. The zero-order chi connectivity index (χ0) is 14.1. The van der Waals surface area contributed by atoms with E-state index in [0.29, 0.717) is 5.02 Å². The van der Waals surface area contributed by atoms with Crippen molar-refractivity contribution in [1.29, 1.82) is 0 Å². The molecule has 1 unspecified atom stereocenters. The highest BCUT2D eigenvalue weighted by Gasteiger charge is 2.13. The molecule has 0 saturated carbocycles. The predicted octanol–water partition coefficient (Wildman–Crippen LogP) is 4.70. The predicted molar refractivity (Wildman–Crippen MR) is 86.9 cm³/mol. The van der Waals surface area contributed by atoms with Crippen LogP contribution in [-0.2, 0) is 0 Å². The van der Waals surface area contributed by atoms with Crippen LogP contribution in [0, 0.1) is 0 Å². The zero-order valence-electron chi connectivity index (χ0n) is 10.6. The third-order valence-electron chi connectivity index (χ3n) is 3.29. The highest BCUT2D eigenvalue weighted by Crippen LogP contribution is 2.30. The zero-order valence-corrected chi connectivity index (χ0v) is 12.9. The molecular weight excluding hydrogens is 336 g/mol. The molecule has 0 bridgehead atoms. The van der Waals surface area contributed by atoms with Gasteiger partial charge in [-0.2, -0.15) is 0 Å². The molecule has 0 aliphatic carbocycles. The molecule has 2 aromatic carbocycles. The summed E-state index contributed by atoms with van der Waals surface area (Å²) < 4.78 is 0.928. The molecule has 0 fully saturated rings. The van der Waals surface area contributed by atoms with Gasteiger partial charge in [-0.3, -0.25) is 4.98 Å². The Kier molecular flexibility index (Phi) is 3.74. The maximum atomic E-state index is 6.42. The van der Waals surface area contributed by atoms with Gasteiger partial charge in [0.05, 0.1) is 6.04 Å². The summed E-state index contributed by atoms with van der Waals surface area (Å²) in [5.41, 5.74) is 8.47. The number of nitrogens with zero attached hydrogens (tertiary/aromatic N) is 1. The number of nitrogens with two attached hydrogens (primary N) is 1. The lowest BCUT2D eigenvalue weighted by molar-refractivity contribution is 0.879. The van der Waals surface area contributed by atoms with E-state index in [-0.39, 0.29) is 6.04 Å². The lowest BCUT2D eigenvalue weighted by Gasteiger charge is -2.16. The topological polar surface area (TPSA) is 38.9 Å². The Labute approximate surface area is 130 Å². The minimum absolute atomic E-state index is 0.226. The van der Waals surface area contributed by atoms with Gasteiger partial charge in [-0.05, 0) is 40.8 Å². The lowest BCUT2D eigenvalue weighted by Crippen LogP contribution is -2.12. The average molecular weight is 348 g/mol. The van der Waals surface area contributed by atoms with E-state index in [0.717, 1.165) is 26.4 Å². The molecule has 100 valence electrons. The number of hydrogen-bond donors (Lipinski definition) is 1. The molecule has 4 heteroatoms. The summed E-state index contributed by atoms with van der Waals surface area (Å²) in [6.45, 7) is 0. The second-order valence-electron chi connectivity index (χ2n) is 4.62. The van der Waals surface area contributed by atoms with Gasteiger partial charge in [-0.1, -0.05) is 45.7 Å². The maximum Gasteiger partial charge on any atom is 0.0558 e. The first kappa shape index (κ1) is 13.6. The standard InChI is InChI=1S/C16H12BrClN2/c17-12-6-11(7-13(18)8-12)16(19)15-3-1-2-10-9-20-5-4-14(10)15/h1-9,16H,19H2. The van der Waals surface area contributed by atoms with Crippen molar-refractivity contribution in [1.82, 2.24) is 4.98 Å². The number of fused-ring (bicyclic) bond motifs is 1. The van der Waals surface area contributed by atoms with E-state index in [1.165, 1.54) is 0 Å². The molecule has 0 aliphatic heterocycles. The summed E-state index contributed by atoms with van der Waals surface area (Å²) >= 11 is 9.56. The van der Waals surface area contributed by atoms with E-state index in [4.69, 9.17) is 17.3 Å². The number of benzene rings is 2. The van der Waals surface area contributed by atoms with Crippen molar-refractivity contribution < 1.29 is 0 Å². The van der Waals surface area contributed by atoms with Crippen LogP contribution in [0.2, 0.25) is 5.02 Å². The number of halogens is 2. The van der Waals surface area contributed by atoms with Gasteiger partial charge in [0, 0.05) is 27.3 Å². The molecule has 0 aliphatic rings. The van der Waals surface area contributed by atoms with Crippen molar-refractivity contribution in [3.8, 4) is 0 Å². The normalized spacial score (nSPS) is 12.6. The summed E-state index contributed by atoms with van der Waals surface area (Å²) in [6, 6.07) is 13.6. The van der Waals surface area contributed by atoms with Crippen LogP contribution in [0.4, 0.5) is 0 Å². The summed E-state index contributed by atoms with van der Waals surface area (Å²) in [5.74, 6) is 0. The number of pyridine rings is 1. The van der Waals surface area contributed by atoms with Crippen LogP contribution in [0.25, 0.3) is 10.8 Å². The van der Waals surface area contributed by atoms with Gasteiger partial charge >= 0.3 is 0 Å². The second-order valence-corrected chi connectivity index (χ2v) is 5.98. The van der Waals surface area contributed by atoms with Crippen molar-refractivity contribution in [3.63, 3.8) is 0 Å². The van der Waals surface area contributed by atoms with Gasteiger partial charge in [0.1, 0.15) is 0 Å². The van der Waals surface area contributed by atoms with E-state index in [1.54, 1.807) is 6.20 Å². The largest absolute Gasteiger partial charge is 0.320 e. The van der Waals surface area contributed by atoms with Crippen molar-refractivity contribution in [2.45, 2.75) is 6.04 Å². The summed E-state index contributed by atoms with van der Waals surface area (Å²) in [4.78, 5) is 4.14. The van der Waals surface area contributed by atoms with Gasteiger partial charge in [-0.25, -0.2) is 0 Å². The molecule has 0 saturated heterocycles. The SMILES string of the molecule is NC(c1cc(Cl)cc(Br)c1)c1cccc2cnccc12. The van der Waals surface area contributed by atoms with Gasteiger partial charge in [-0.15, -0.1) is 0 Å².